The van der Waals surface area contributed by atoms with Crippen molar-refractivity contribution in [1.82, 2.24) is 5.32 Å². The maximum Gasteiger partial charge on any atom is 0.337 e. The molecule has 0 saturated carbocycles. The number of rotatable bonds is 5. The monoisotopic (exact) mass is 483 g/mol. The summed E-state index contributed by atoms with van der Waals surface area (Å²) in [6, 6.07) is 20.1. The van der Waals surface area contributed by atoms with Crippen LogP contribution in [0.15, 0.2) is 66.7 Å². The summed E-state index contributed by atoms with van der Waals surface area (Å²) in [4.78, 5) is 48.7. The number of aromatic nitrogens is 1. The summed E-state index contributed by atoms with van der Waals surface area (Å²) in [6.07, 6.45) is -1.33. The minimum absolute atomic E-state index is 0.191. The molecule has 4 aromatic rings. The van der Waals surface area contributed by atoms with E-state index >= 15 is 0 Å². The fourth-order valence-electron chi connectivity index (χ4n) is 4.91. The molecule has 2 heterocycles. The van der Waals surface area contributed by atoms with E-state index in [9.17, 15) is 24.3 Å². The number of carbonyl (C=O) groups is 4. The fourth-order valence-corrected chi connectivity index (χ4v) is 4.91. The molecule has 1 saturated heterocycles. The molecule has 5 rings (SSSR count). The molecule has 36 heavy (non-hydrogen) atoms. The number of hydrogen-bond acceptors (Lipinski definition) is 5. The quantitative estimate of drug-likeness (QED) is 0.195. The van der Waals surface area contributed by atoms with E-state index in [1.54, 1.807) is 37.3 Å². The number of esters is 1. The second-order valence-electron chi connectivity index (χ2n) is 8.81. The number of para-hydroxylation sites is 2. The standard InChI is InChI=1S/C28H22N2O6/c1-15(28(35)36-22-14-23(31)29-26(22)32)16-8-3-4-9-17(16)18-11-7-12-20-24(27(33)34)19-10-5-6-13-21(19)30(2)25(18)20/h3-13,15,22H,14H2,1-2H3,(H-,29,31,32,33,34)/p+1. The number of imide groups is 1. The maximum absolute atomic E-state index is 13.0. The van der Waals surface area contributed by atoms with Gasteiger partial charge in [-0.25, -0.2) is 4.79 Å². The summed E-state index contributed by atoms with van der Waals surface area (Å²) < 4.78 is 7.32. The Hall–Kier alpha value is -4.59. The van der Waals surface area contributed by atoms with Crippen LogP contribution in [0.1, 0.15) is 35.2 Å². The van der Waals surface area contributed by atoms with E-state index in [1.807, 2.05) is 48.0 Å². The van der Waals surface area contributed by atoms with Crippen LogP contribution >= 0.6 is 0 Å². The number of benzene rings is 3. The first-order chi connectivity index (χ1) is 17.3. The lowest BCUT2D eigenvalue weighted by Crippen LogP contribution is -2.32. The maximum atomic E-state index is 13.0. The molecule has 2 N–H and O–H groups in total. The first-order valence-corrected chi connectivity index (χ1v) is 11.5. The molecular formula is C28H23N2O6+. The number of hydrogen-bond donors (Lipinski definition) is 2. The molecule has 0 spiro atoms. The van der Waals surface area contributed by atoms with E-state index in [2.05, 4.69) is 5.32 Å². The number of aromatic carboxylic acids is 1. The van der Waals surface area contributed by atoms with Gasteiger partial charge in [-0.15, -0.1) is 0 Å². The summed E-state index contributed by atoms with van der Waals surface area (Å²) in [5.41, 5.74) is 3.83. The molecule has 180 valence electrons. The number of ether oxygens (including phenoxy) is 1. The fraction of sp³-hybridized carbons (Fsp3) is 0.179. The predicted molar refractivity (Wildman–Crippen MR) is 131 cm³/mol. The van der Waals surface area contributed by atoms with Gasteiger partial charge in [0.15, 0.2) is 6.10 Å². The highest BCUT2D eigenvalue weighted by Crippen LogP contribution is 2.36. The minimum Gasteiger partial charge on any atom is -0.478 e. The second kappa shape index (κ2) is 8.88. The highest BCUT2D eigenvalue weighted by atomic mass is 16.5. The molecular weight excluding hydrogens is 460 g/mol. The Bertz CT molecular complexity index is 1590. The Kier molecular flexibility index (Phi) is 5.72. The van der Waals surface area contributed by atoms with Crippen molar-refractivity contribution in [3.8, 4) is 11.1 Å². The first kappa shape index (κ1) is 23.2. The average molecular weight is 484 g/mol. The molecule has 1 fully saturated rings. The van der Waals surface area contributed by atoms with Crippen molar-refractivity contribution in [2.45, 2.75) is 25.4 Å². The van der Waals surface area contributed by atoms with Crippen LogP contribution in [0.4, 0.5) is 0 Å². The van der Waals surface area contributed by atoms with Crippen LogP contribution in [0.25, 0.3) is 32.9 Å². The third kappa shape index (κ3) is 3.76. The zero-order chi connectivity index (χ0) is 25.6. The largest absolute Gasteiger partial charge is 0.478 e. The van der Waals surface area contributed by atoms with E-state index in [4.69, 9.17) is 4.74 Å². The van der Waals surface area contributed by atoms with E-state index < -0.39 is 35.8 Å². The molecule has 8 heteroatoms. The number of nitrogens with one attached hydrogen (secondary N) is 1. The third-order valence-corrected chi connectivity index (χ3v) is 6.64. The molecule has 8 nitrogen and oxygen atoms in total. The third-order valence-electron chi connectivity index (χ3n) is 6.64. The molecule has 2 unspecified atom stereocenters. The lowest BCUT2D eigenvalue weighted by Gasteiger charge is -2.18. The Morgan fingerprint density at radius 3 is 2.36 bits per heavy atom. The first-order valence-electron chi connectivity index (χ1n) is 11.5. The van der Waals surface area contributed by atoms with Crippen LogP contribution in [-0.2, 0) is 26.2 Å². The molecule has 3 aromatic carbocycles. The van der Waals surface area contributed by atoms with Gasteiger partial charge in [-0.3, -0.25) is 19.7 Å². The SMILES string of the molecule is CC(C(=O)OC1CC(=O)NC1=O)c1ccccc1-c1cccc2c(C(=O)O)c3ccccc3[n+](C)c12. The van der Waals surface area contributed by atoms with E-state index in [0.717, 1.165) is 16.6 Å². The number of carboxylic acids is 1. The number of aryl methyl sites for hydroxylation is 1. The summed E-state index contributed by atoms with van der Waals surface area (Å²) in [7, 11) is 1.88. The van der Waals surface area contributed by atoms with Crippen molar-refractivity contribution in [1.29, 1.82) is 0 Å². The Labute approximate surface area is 206 Å². The van der Waals surface area contributed by atoms with Gasteiger partial charge < -0.3 is 9.84 Å². The van der Waals surface area contributed by atoms with Crippen LogP contribution in [0, 0.1) is 0 Å². The number of carboxylic acid groups (broad SMARTS) is 1. The lowest BCUT2D eigenvalue weighted by atomic mass is 9.89. The van der Waals surface area contributed by atoms with Gasteiger partial charge in [0.1, 0.15) is 7.05 Å². The molecule has 2 atom stereocenters. The van der Waals surface area contributed by atoms with Crippen molar-refractivity contribution >= 4 is 45.6 Å². The smallest absolute Gasteiger partial charge is 0.337 e. The van der Waals surface area contributed by atoms with Gasteiger partial charge in [0.05, 0.1) is 34.2 Å². The van der Waals surface area contributed by atoms with Crippen molar-refractivity contribution in [2.24, 2.45) is 7.05 Å². The number of nitrogens with zero attached hydrogens (tertiary/aromatic N) is 1. The van der Waals surface area contributed by atoms with Gasteiger partial charge in [-0.2, -0.15) is 4.57 Å². The Morgan fingerprint density at radius 1 is 0.972 bits per heavy atom. The van der Waals surface area contributed by atoms with Crippen LogP contribution in [-0.4, -0.2) is 35.0 Å². The summed E-state index contributed by atoms with van der Waals surface area (Å²) in [5, 5.41) is 13.4. The number of pyridine rings is 1. The Balaban J connectivity index is 1.67. The van der Waals surface area contributed by atoms with Crippen LogP contribution < -0.4 is 9.88 Å². The molecule has 1 aromatic heterocycles. The summed E-state index contributed by atoms with van der Waals surface area (Å²) >= 11 is 0. The van der Waals surface area contributed by atoms with Gasteiger partial charge >= 0.3 is 11.9 Å². The topological polar surface area (TPSA) is 114 Å². The normalized spacial score (nSPS) is 16.2. The molecule has 0 radical (unpaired) electrons. The second-order valence-corrected chi connectivity index (χ2v) is 8.81. The molecule has 1 aliphatic rings. The van der Waals surface area contributed by atoms with Crippen molar-refractivity contribution in [2.75, 3.05) is 0 Å². The van der Waals surface area contributed by atoms with Gasteiger partial charge in [0, 0.05) is 6.07 Å². The van der Waals surface area contributed by atoms with E-state index in [0.29, 0.717) is 21.9 Å². The van der Waals surface area contributed by atoms with Gasteiger partial charge in [0.2, 0.25) is 16.9 Å². The van der Waals surface area contributed by atoms with E-state index in [1.165, 1.54) is 0 Å². The average Bonchev–Trinajstić information content (AvgIpc) is 3.19. The summed E-state index contributed by atoms with van der Waals surface area (Å²) in [6.45, 7) is 1.68. The molecule has 2 amide bonds. The van der Waals surface area contributed by atoms with Crippen LogP contribution in [0.5, 0.6) is 0 Å². The van der Waals surface area contributed by atoms with Gasteiger partial charge in [-0.05, 0) is 36.2 Å². The van der Waals surface area contributed by atoms with E-state index in [-0.39, 0.29) is 12.0 Å². The molecule has 0 aliphatic carbocycles. The lowest BCUT2D eigenvalue weighted by molar-refractivity contribution is -0.617. The summed E-state index contributed by atoms with van der Waals surface area (Å²) in [5.74, 6) is -3.50. The predicted octanol–water partition coefficient (Wildman–Crippen LogP) is 3.24. The van der Waals surface area contributed by atoms with Crippen molar-refractivity contribution in [3.05, 3.63) is 77.9 Å². The highest BCUT2D eigenvalue weighted by molar-refractivity contribution is 6.14. The van der Waals surface area contributed by atoms with Gasteiger partial charge in [-0.1, -0.05) is 42.5 Å². The Morgan fingerprint density at radius 2 is 1.64 bits per heavy atom. The zero-order valence-electron chi connectivity index (χ0n) is 19.6. The van der Waals surface area contributed by atoms with Gasteiger partial charge in [0.25, 0.3) is 5.91 Å². The highest BCUT2D eigenvalue weighted by Gasteiger charge is 2.35. The number of amides is 2. The van der Waals surface area contributed by atoms with Crippen molar-refractivity contribution in [3.63, 3.8) is 0 Å². The minimum atomic E-state index is -1.14. The molecule has 0 bridgehead atoms. The number of carbonyl (C=O) groups excluding carboxylic acids is 3. The van der Waals surface area contributed by atoms with Crippen LogP contribution in [0.3, 0.4) is 0 Å². The molecule has 1 aliphatic heterocycles. The number of fused-ring (bicyclic) bond motifs is 2. The van der Waals surface area contributed by atoms with Crippen LogP contribution in [0.2, 0.25) is 0 Å². The zero-order valence-corrected chi connectivity index (χ0v) is 19.6. The van der Waals surface area contributed by atoms with Crippen molar-refractivity contribution < 1.29 is 33.6 Å².